The number of phenols is 1. The number of urea groups is 1. The summed E-state index contributed by atoms with van der Waals surface area (Å²) in [6, 6.07) is 14.2. The summed E-state index contributed by atoms with van der Waals surface area (Å²) >= 11 is 0. The van der Waals surface area contributed by atoms with E-state index in [9.17, 15) is 14.7 Å². The van der Waals surface area contributed by atoms with Crippen molar-refractivity contribution in [3.63, 3.8) is 0 Å². The fourth-order valence-electron chi connectivity index (χ4n) is 5.00. The Kier molecular flexibility index (Phi) is 4.34. The number of fused-ring (bicyclic) bond motifs is 4. The molecule has 0 bridgehead atoms. The molecule has 0 spiro atoms. The smallest absolute Gasteiger partial charge is 0.328 e. The molecule has 7 nitrogen and oxygen atoms in total. The number of imide groups is 1. The summed E-state index contributed by atoms with van der Waals surface area (Å²) < 4.78 is 0. The topological polar surface area (TPSA) is 79.9 Å². The molecule has 3 heterocycles. The fraction of sp³-hybridized carbons (Fsp3) is 0.333. The summed E-state index contributed by atoms with van der Waals surface area (Å²) in [4.78, 5) is 35.7. The number of para-hydroxylation sites is 1. The molecule has 2 aromatic carbocycles. The van der Waals surface area contributed by atoms with E-state index in [4.69, 9.17) is 0 Å². The Balaban J connectivity index is 1.71. The molecular formula is C24H26N4O3. The van der Waals surface area contributed by atoms with Crippen LogP contribution >= 0.6 is 0 Å². The van der Waals surface area contributed by atoms with E-state index >= 15 is 0 Å². The molecule has 2 atom stereocenters. The lowest BCUT2D eigenvalue weighted by Gasteiger charge is -2.42. The largest absolute Gasteiger partial charge is 0.508 e. The van der Waals surface area contributed by atoms with Crippen LogP contribution in [0.25, 0.3) is 10.9 Å². The zero-order valence-corrected chi connectivity index (χ0v) is 17.9. The molecule has 2 N–H and O–H groups in total. The highest BCUT2D eigenvalue weighted by atomic mass is 16.3. The quantitative estimate of drug-likeness (QED) is 0.638. The number of H-pyrrole nitrogens is 1. The number of likely N-dealkylation sites (N-methyl/N-ethyl adjacent to an activating group) is 1. The van der Waals surface area contributed by atoms with Crippen molar-refractivity contribution in [1.29, 1.82) is 0 Å². The van der Waals surface area contributed by atoms with Crippen molar-refractivity contribution in [1.82, 2.24) is 19.7 Å². The van der Waals surface area contributed by atoms with Crippen LogP contribution in [0.5, 0.6) is 5.75 Å². The maximum Gasteiger partial charge on any atom is 0.328 e. The van der Waals surface area contributed by atoms with Gasteiger partial charge in [0.25, 0.3) is 5.91 Å². The van der Waals surface area contributed by atoms with Crippen molar-refractivity contribution in [3.05, 3.63) is 65.4 Å². The number of nitrogens with one attached hydrogen (secondary N) is 1. The van der Waals surface area contributed by atoms with Crippen LogP contribution in [0.4, 0.5) is 4.79 Å². The van der Waals surface area contributed by atoms with E-state index in [0.717, 1.165) is 27.7 Å². The van der Waals surface area contributed by atoms with Gasteiger partial charge in [0.05, 0.1) is 0 Å². The zero-order valence-electron chi connectivity index (χ0n) is 17.9. The van der Waals surface area contributed by atoms with Crippen LogP contribution in [0.15, 0.2) is 48.5 Å². The van der Waals surface area contributed by atoms with Crippen LogP contribution in [-0.4, -0.2) is 69.5 Å². The molecule has 2 aliphatic rings. The van der Waals surface area contributed by atoms with E-state index < -0.39 is 11.6 Å². The van der Waals surface area contributed by atoms with Gasteiger partial charge in [0.2, 0.25) is 0 Å². The molecule has 7 heteroatoms. The first-order valence-electron chi connectivity index (χ1n) is 10.5. The molecule has 1 fully saturated rings. The second-order valence-electron chi connectivity index (χ2n) is 8.92. The lowest BCUT2D eigenvalue weighted by molar-refractivity contribution is -0.133. The average Bonchev–Trinajstić information content (AvgIpc) is 3.18. The van der Waals surface area contributed by atoms with Gasteiger partial charge in [-0.1, -0.05) is 30.3 Å². The molecule has 0 aliphatic carbocycles. The highest BCUT2D eigenvalue weighted by Gasteiger charge is 2.60. The molecule has 0 radical (unpaired) electrons. The standard InChI is InChI=1S/C24H26N4O3/c1-24-14-18-17-9-4-5-10-19(17)25-20(18)21(15-7-6-8-16(29)13-15)28(24)23(31)27(22(24)30)12-11-26(2)3/h4-10,13,21,25,29H,11-12,14H2,1-3H3/t21-,24+/m1/s1. The Hall–Kier alpha value is -3.32. The fourth-order valence-corrected chi connectivity index (χ4v) is 5.00. The number of amides is 3. The van der Waals surface area contributed by atoms with Gasteiger partial charge < -0.3 is 15.0 Å². The van der Waals surface area contributed by atoms with Crippen LogP contribution in [0.3, 0.4) is 0 Å². The second kappa shape index (κ2) is 6.85. The first kappa shape index (κ1) is 19.6. The molecule has 2 aliphatic heterocycles. The minimum Gasteiger partial charge on any atom is -0.508 e. The number of carbonyl (C=O) groups is 2. The van der Waals surface area contributed by atoms with Crippen molar-refractivity contribution < 1.29 is 14.7 Å². The summed E-state index contributed by atoms with van der Waals surface area (Å²) in [5.41, 5.74) is 2.72. The summed E-state index contributed by atoms with van der Waals surface area (Å²) in [5, 5.41) is 11.2. The van der Waals surface area contributed by atoms with Gasteiger partial charge in [-0.2, -0.15) is 0 Å². The normalized spacial score (nSPS) is 23.0. The molecule has 3 amide bonds. The molecule has 0 saturated carbocycles. The van der Waals surface area contributed by atoms with Crippen molar-refractivity contribution in [2.24, 2.45) is 0 Å². The van der Waals surface area contributed by atoms with E-state index in [-0.39, 0.29) is 17.7 Å². The van der Waals surface area contributed by atoms with Crippen molar-refractivity contribution >= 4 is 22.8 Å². The average molecular weight is 418 g/mol. The van der Waals surface area contributed by atoms with E-state index in [1.807, 2.05) is 56.3 Å². The first-order valence-corrected chi connectivity index (χ1v) is 10.5. The van der Waals surface area contributed by atoms with Crippen LogP contribution in [-0.2, 0) is 11.2 Å². The number of aromatic nitrogens is 1. The van der Waals surface area contributed by atoms with Gasteiger partial charge in [-0.15, -0.1) is 0 Å². The summed E-state index contributed by atoms with van der Waals surface area (Å²) in [5.74, 6) is -0.0368. The predicted molar refractivity (Wildman–Crippen MR) is 118 cm³/mol. The number of phenolic OH excluding ortho intramolecular Hbond substituents is 1. The number of hydrogen-bond donors (Lipinski definition) is 2. The van der Waals surface area contributed by atoms with E-state index in [0.29, 0.717) is 19.5 Å². The van der Waals surface area contributed by atoms with Crippen LogP contribution in [0.1, 0.15) is 29.8 Å². The Labute approximate surface area is 180 Å². The number of rotatable bonds is 4. The Morgan fingerprint density at radius 3 is 2.68 bits per heavy atom. The Morgan fingerprint density at radius 1 is 1.16 bits per heavy atom. The van der Waals surface area contributed by atoms with Crippen LogP contribution < -0.4 is 0 Å². The summed E-state index contributed by atoms with van der Waals surface area (Å²) in [6.07, 6.45) is 0.449. The third-order valence-electron chi connectivity index (χ3n) is 6.53. The van der Waals surface area contributed by atoms with Crippen molar-refractivity contribution in [2.75, 3.05) is 27.2 Å². The summed E-state index contributed by atoms with van der Waals surface area (Å²) in [6.45, 7) is 2.81. The van der Waals surface area contributed by atoms with Gasteiger partial charge in [-0.05, 0) is 50.3 Å². The highest BCUT2D eigenvalue weighted by molar-refractivity contribution is 6.08. The monoisotopic (exact) mass is 418 g/mol. The first-order chi connectivity index (χ1) is 14.8. The molecule has 3 aromatic rings. The minimum atomic E-state index is -0.989. The minimum absolute atomic E-state index is 0.130. The molecule has 1 aromatic heterocycles. The number of nitrogens with zero attached hydrogens (tertiary/aromatic N) is 3. The van der Waals surface area contributed by atoms with Gasteiger partial charge in [-0.25, -0.2) is 4.79 Å². The lowest BCUT2D eigenvalue weighted by Crippen LogP contribution is -2.53. The molecule has 0 unspecified atom stereocenters. The van der Waals surface area contributed by atoms with Crippen LogP contribution in [0, 0.1) is 0 Å². The van der Waals surface area contributed by atoms with Gasteiger partial charge in [0.1, 0.15) is 17.3 Å². The maximum absolute atomic E-state index is 13.6. The van der Waals surface area contributed by atoms with E-state index in [1.165, 1.54) is 4.90 Å². The number of carbonyl (C=O) groups excluding carboxylic acids is 2. The third kappa shape index (κ3) is 2.84. The van der Waals surface area contributed by atoms with Gasteiger partial charge in [0, 0.05) is 36.1 Å². The van der Waals surface area contributed by atoms with Crippen molar-refractivity contribution in [2.45, 2.75) is 24.9 Å². The Bertz CT molecular complexity index is 1200. The van der Waals surface area contributed by atoms with Crippen LogP contribution in [0.2, 0.25) is 0 Å². The maximum atomic E-state index is 13.6. The second-order valence-corrected chi connectivity index (χ2v) is 8.92. The molecule has 5 rings (SSSR count). The third-order valence-corrected chi connectivity index (χ3v) is 6.53. The molecule has 1 saturated heterocycles. The van der Waals surface area contributed by atoms with E-state index in [1.54, 1.807) is 23.1 Å². The highest BCUT2D eigenvalue weighted by Crippen LogP contribution is 2.48. The molecule has 160 valence electrons. The van der Waals surface area contributed by atoms with Crippen molar-refractivity contribution in [3.8, 4) is 5.75 Å². The SMILES string of the molecule is CN(C)CCN1C(=O)N2[C@H](c3cccc(O)c3)c3[nH]c4ccccc4c3C[C@@]2(C)C1=O. The number of aromatic hydroxyl groups is 1. The summed E-state index contributed by atoms with van der Waals surface area (Å²) in [7, 11) is 3.85. The van der Waals surface area contributed by atoms with Gasteiger partial charge in [0.15, 0.2) is 0 Å². The van der Waals surface area contributed by atoms with E-state index in [2.05, 4.69) is 4.98 Å². The number of aromatic amines is 1. The lowest BCUT2D eigenvalue weighted by atomic mass is 9.81. The van der Waals surface area contributed by atoms with Gasteiger partial charge in [-0.3, -0.25) is 14.6 Å². The molecular weight excluding hydrogens is 392 g/mol. The number of benzene rings is 2. The zero-order chi connectivity index (χ0) is 21.9. The number of hydrogen-bond acceptors (Lipinski definition) is 4. The molecule has 31 heavy (non-hydrogen) atoms. The van der Waals surface area contributed by atoms with Gasteiger partial charge >= 0.3 is 6.03 Å². The predicted octanol–water partition coefficient (Wildman–Crippen LogP) is 3.10. The Morgan fingerprint density at radius 2 is 1.94 bits per heavy atom.